The zero-order valence-electron chi connectivity index (χ0n) is 15.2. The van der Waals surface area contributed by atoms with Gasteiger partial charge in [-0.15, -0.1) is 0 Å². The lowest BCUT2D eigenvalue weighted by Crippen LogP contribution is -2.34. The normalized spacial score (nSPS) is 12.0. The predicted molar refractivity (Wildman–Crippen MR) is 99.2 cm³/mol. The molecule has 0 fully saturated rings. The van der Waals surface area contributed by atoms with E-state index in [4.69, 9.17) is 0 Å². The first-order chi connectivity index (χ1) is 12.5. The van der Waals surface area contributed by atoms with Crippen LogP contribution in [-0.4, -0.2) is 37.1 Å². The summed E-state index contributed by atoms with van der Waals surface area (Å²) in [5, 5.41) is 14.4. The zero-order chi connectivity index (χ0) is 18.5. The van der Waals surface area contributed by atoms with E-state index in [1.165, 1.54) is 0 Å². The van der Waals surface area contributed by atoms with Crippen LogP contribution in [0.25, 0.3) is 5.82 Å². The first-order valence-electron chi connectivity index (χ1n) is 8.54. The van der Waals surface area contributed by atoms with Crippen LogP contribution in [-0.2, 0) is 6.54 Å². The van der Waals surface area contributed by atoms with Gasteiger partial charge < -0.3 is 10.6 Å². The van der Waals surface area contributed by atoms with E-state index >= 15 is 0 Å². The van der Waals surface area contributed by atoms with E-state index in [-0.39, 0.29) is 11.9 Å². The van der Waals surface area contributed by atoms with Crippen molar-refractivity contribution in [2.75, 3.05) is 11.9 Å². The number of pyridine rings is 1. The number of anilines is 1. The first kappa shape index (κ1) is 17.7. The number of aromatic nitrogens is 5. The van der Waals surface area contributed by atoms with E-state index in [0.29, 0.717) is 18.1 Å². The van der Waals surface area contributed by atoms with E-state index in [9.17, 15) is 4.79 Å². The molecule has 8 nitrogen and oxygen atoms in total. The van der Waals surface area contributed by atoms with Crippen LogP contribution in [0, 0.1) is 19.8 Å². The molecule has 0 aliphatic rings. The van der Waals surface area contributed by atoms with E-state index in [1.807, 2.05) is 24.6 Å². The predicted octanol–water partition coefficient (Wildman–Crippen LogP) is 2.54. The minimum absolute atomic E-state index is 0.248. The molecule has 0 saturated heterocycles. The second kappa shape index (κ2) is 7.81. The summed E-state index contributed by atoms with van der Waals surface area (Å²) in [7, 11) is 0. The van der Waals surface area contributed by atoms with Crippen LogP contribution < -0.4 is 10.6 Å². The van der Waals surface area contributed by atoms with E-state index in [1.54, 1.807) is 41.5 Å². The summed E-state index contributed by atoms with van der Waals surface area (Å²) < 4.78 is 3.58. The Morgan fingerprint density at radius 3 is 2.81 bits per heavy atom. The number of nitrogens with zero attached hydrogens (tertiary/aromatic N) is 5. The fraction of sp³-hybridized carbons (Fsp3) is 0.333. The molecular formula is C18H23N7O. The third-order valence-electron chi connectivity index (χ3n) is 3.96. The van der Waals surface area contributed by atoms with Gasteiger partial charge in [-0.2, -0.15) is 10.2 Å². The molecule has 0 spiro atoms. The molecule has 8 heteroatoms. The number of nitrogens with one attached hydrogen (secondary N) is 2. The van der Waals surface area contributed by atoms with Gasteiger partial charge in [0.15, 0.2) is 5.82 Å². The topological polar surface area (TPSA) is 89.7 Å². The molecule has 0 bridgehead atoms. The molecule has 0 saturated carbocycles. The molecule has 3 rings (SSSR count). The molecular weight excluding hydrogens is 330 g/mol. The Labute approximate surface area is 152 Å². The molecule has 1 atom stereocenters. The number of urea groups is 1. The average molecular weight is 353 g/mol. The lowest BCUT2D eigenvalue weighted by Gasteiger charge is -2.15. The van der Waals surface area contributed by atoms with Crippen LogP contribution in [0.3, 0.4) is 0 Å². The molecule has 0 radical (unpaired) electrons. The van der Waals surface area contributed by atoms with E-state index in [2.05, 4.69) is 32.7 Å². The lowest BCUT2D eigenvalue weighted by atomic mass is 10.2. The Morgan fingerprint density at radius 1 is 1.27 bits per heavy atom. The van der Waals surface area contributed by atoms with Crippen LogP contribution in [0.4, 0.5) is 10.5 Å². The van der Waals surface area contributed by atoms with Crippen molar-refractivity contribution in [1.82, 2.24) is 29.9 Å². The van der Waals surface area contributed by atoms with Crippen molar-refractivity contribution in [3.05, 3.63) is 54.2 Å². The summed E-state index contributed by atoms with van der Waals surface area (Å²) in [4.78, 5) is 16.5. The number of carbonyl (C=O) groups is 1. The largest absolute Gasteiger partial charge is 0.338 e. The Kier molecular flexibility index (Phi) is 5.31. The average Bonchev–Trinajstić information content (AvgIpc) is 3.24. The van der Waals surface area contributed by atoms with Gasteiger partial charge in [0, 0.05) is 37.4 Å². The maximum Gasteiger partial charge on any atom is 0.319 e. The minimum Gasteiger partial charge on any atom is -0.338 e. The molecule has 0 aliphatic heterocycles. The zero-order valence-corrected chi connectivity index (χ0v) is 15.2. The number of hydrogen-bond donors (Lipinski definition) is 2. The monoisotopic (exact) mass is 353 g/mol. The fourth-order valence-electron chi connectivity index (χ4n) is 2.72. The highest BCUT2D eigenvalue weighted by Crippen LogP contribution is 2.15. The third-order valence-corrected chi connectivity index (χ3v) is 3.96. The first-order valence-corrected chi connectivity index (χ1v) is 8.54. The van der Waals surface area contributed by atoms with Crippen molar-refractivity contribution >= 4 is 11.7 Å². The SMILES string of the molecule is Cc1cc(C)n(C[C@@H](C)CNC(=O)Nc2cccnc2-n2cccn2)n1. The van der Waals surface area contributed by atoms with Gasteiger partial charge in [0.05, 0.1) is 11.4 Å². The molecule has 3 aromatic rings. The Hall–Kier alpha value is -3.16. The van der Waals surface area contributed by atoms with Crippen molar-refractivity contribution in [2.24, 2.45) is 5.92 Å². The van der Waals surface area contributed by atoms with Gasteiger partial charge in [-0.1, -0.05) is 6.92 Å². The van der Waals surface area contributed by atoms with E-state index < -0.39 is 0 Å². The number of rotatable bonds is 6. The molecule has 0 aromatic carbocycles. The summed E-state index contributed by atoms with van der Waals surface area (Å²) in [5.41, 5.74) is 2.72. The maximum absolute atomic E-state index is 12.3. The summed E-state index contributed by atoms with van der Waals surface area (Å²) in [6.07, 6.45) is 5.11. The van der Waals surface area contributed by atoms with Crippen molar-refractivity contribution in [1.29, 1.82) is 0 Å². The minimum atomic E-state index is -0.272. The Balaban J connectivity index is 1.56. The van der Waals surface area contributed by atoms with Crippen LogP contribution in [0.2, 0.25) is 0 Å². The van der Waals surface area contributed by atoms with Crippen LogP contribution >= 0.6 is 0 Å². The van der Waals surface area contributed by atoms with Crippen molar-refractivity contribution in [3.63, 3.8) is 0 Å². The summed E-state index contributed by atoms with van der Waals surface area (Å²) >= 11 is 0. The third kappa shape index (κ3) is 4.27. The van der Waals surface area contributed by atoms with Crippen LogP contribution in [0.5, 0.6) is 0 Å². The summed E-state index contributed by atoms with van der Waals surface area (Å²) in [6.45, 7) is 7.39. The van der Waals surface area contributed by atoms with Crippen molar-refractivity contribution < 1.29 is 4.79 Å². The number of hydrogen-bond acceptors (Lipinski definition) is 4. The molecule has 0 unspecified atom stereocenters. The standard InChI is InChI=1S/C18H23N7O/c1-13(12-25-15(3)10-14(2)23-25)11-20-18(26)22-16-6-4-7-19-17(16)24-9-5-8-21-24/h4-10,13H,11-12H2,1-3H3,(H2,20,22,26)/t13-/m0/s1. The van der Waals surface area contributed by atoms with Gasteiger partial charge in [-0.25, -0.2) is 14.5 Å². The maximum atomic E-state index is 12.3. The van der Waals surface area contributed by atoms with Gasteiger partial charge in [0.25, 0.3) is 0 Å². The second-order valence-corrected chi connectivity index (χ2v) is 6.37. The van der Waals surface area contributed by atoms with Crippen LogP contribution in [0.1, 0.15) is 18.3 Å². The number of aryl methyl sites for hydroxylation is 2. The van der Waals surface area contributed by atoms with Gasteiger partial charge in [-0.05, 0) is 44.0 Å². The van der Waals surface area contributed by atoms with Gasteiger partial charge in [0.2, 0.25) is 0 Å². The molecule has 26 heavy (non-hydrogen) atoms. The number of amides is 2. The fourth-order valence-corrected chi connectivity index (χ4v) is 2.72. The molecule has 3 aromatic heterocycles. The molecule has 3 heterocycles. The Bertz CT molecular complexity index is 870. The molecule has 0 aliphatic carbocycles. The molecule has 136 valence electrons. The molecule has 2 amide bonds. The highest BCUT2D eigenvalue weighted by atomic mass is 16.2. The molecule has 2 N–H and O–H groups in total. The smallest absolute Gasteiger partial charge is 0.319 e. The summed E-state index contributed by atoms with van der Waals surface area (Å²) in [5.74, 6) is 0.821. The number of carbonyl (C=O) groups excluding carboxylic acids is 1. The second-order valence-electron chi connectivity index (χ2n) is 6.37. The quantitative estimate of drug-likeness (QED) is 0.713. The lowest BCUT2D eigenvalue weighted by molar-refractivity contribution is 0.249. The Morgan fingerprint density at radius 2 is 2.12 bits per heavy atom. The highest BCUT2D eigenvalue weighted by Gasteiger charge is 2.12. The van der Waals surface area contributed by atoms with Gasteiger partial charge in [0.1, 0.15) is 0 Å². The van der Waals surface area contributed by atoms with Gasteiger partial charge in [-0.3, -0.25) is 4.68 Å². The van der Waals surface area contributed by atoms with Crippen LogP contribution in [0.15, 0.2) is 42.9 Å². The van der Waals surface area contributed by atoms with Crippen molar-refractivity contribution in [3.8, 4) is 5.82 Å². The van der Waals surface area contributed by atoms with Gasteiger partial charge >= 0.3 is 6.03 Å². The van der Waals surface area contributed by atoms with E-state index in [0.717, 1.165) is 17.9 Å². The highest BCUT2D eigenvalue weighted by molar-refractivity contribution is 5.90. The summed E-state index contributed by atoms with van der Waals surface area (Å²) in [6, 6.07) is 7.15. The van der Waals surface area contributed by atoms with Crippen molar-refractivity contribution in [2.45, 2.75) is 27.3 Å².